The van der Waals surface area contributed by atoms with Crippen molar-refractivity contribution in [3.8, 4) is 0 Å². The molecular weight excluding hydrogens is 198 g/mol. The van der Waals surface area contributed by atoms with Gasteiger partial charge in [-0.15, -0.1) is 0 Å². The zero-order valence-corrected chi connectivity index (χ0v) is 10.4. The Bertz CT molecular complexity index is 369. The minimum Gasteiger partial charge on any atom is -0.319 e. The first-order valence-electron chi connectivity index (χ1n) is 5.83. The fourth-order valence-corrected chi connectivity index (χ4v) is 1.87. The summed E-state index contributed by atoms with van der Waals surface area (Å²) in [6.07, 6.45) is 2.12. The summed E-state index contributed by atoms with van der Waals surface area (Å²) in [6, 6.07) is 8.03. The normalized spacial score (nSPS) is 14.5. The molecule has 0 saturated carbocycles. The molecule has 1 aromatic carbocycles. The molecule has 0 saturated heterocycles. The van der Waals surface area contributed by atoms with Gasteiger partial charge >= 0.3 is 0 Å². The van der Waals surface area contributed by atoms with Gasteiger partial charge in [0, 0.05) is 6.42 Å². The number of hydrogen-bond acceptors (Lipinski definition) is 2. The van der Waals surface area contributed by atoms with Crippen molar-refractivity contribution < 1.29 is 4.79 Å². The average molecular weight is 219 g/mol. The third-order valence-electron chi connectivity index (χ3n) is 2.85. The highest BCUT2D eigenvalue weighted by molar-refractivity contribution is 5.89. The van der Waals surface area contributed by atoms with Crippen LogP contribution in [0.4, 0.5) is 0 Å². The zero-order chi connectivity index (χ0) is 12.2. The zero-order valence-electron chi connectivity index (χ0n) is 10.4. The lowest BCUT2D eigenvalue weighted by atomic mass is 9.88. The highest BCUT2D eigenvalue weighted by Crippen LogP contribution is 2.14. The lowest BCUT2D eigenvalue weighted by Crippen LogP contribution is -2.45. The molecule has 0 radical (unpaired) electrons. The van der Waals surface area contributed by atoms with Crippen LogP contribution in [0.2, 0.25) is 0 Å². The number of Topliss-reactive ketones (excluding diaryl/α,β-unsaturated/α-hetero) is 1. The van der Waals surface area contributed by atoms with E-state index in [-0.39, 0.29) is 5.78 Å². The van der Waals surface area contributed by atoms with E-state index in [0.29, 0.717) is 6.42 Å². The smallest absolute Gasteiger partial charge is 0.156 e. The molecule has 1 unspecified atom stereocenters. The van der Waals surface area contributed by atoms with E-state index in [4.69, 9.17) is 5.73 Å². The molecule has 88 valence electrons. The van der Waals surface area contributed by atoms with Crippen molar-refractivity contribution >= 4 is 5.78 Å². The van der Waals surface area contributed by atoms with Crippen LogP contribution < -0.4 is 5.73 Å². The van der Waals surface area contributed by atoms with E-state index in [1.165, 1.54) is 5.56 Å². The fraction of sp³-hybridized carbons (Fsp3) is 0.500. The molecule has 16 heavy (non-hydrogen) atoms. The van der Waals surface area contributed by atoms with Crippen molar-refractivity contribution in [3.63, 3.8) is 0 Å². The van der Waals surface area contributed by atoms with Crippen LogP contribution in [0.3, 0.4) is 0 Å². The molecule has 0 aliphatic heterocycles. The summed E-state index contributed by atoms with van der Waals surface area (Å²) < 4.78 is 0. The van der Waals surface area contributed by atoms with Crippen LogP contribution in [-0.4, -0.2) is 11.3 Å². The van der Waals surface area contributed by atoms with Crippen molar-refractivity contribution in [1.82, 2.24) is 0 Å². The Kier molecular flexibility index (Phi) is 4.25. The van der Waals surface area contributed by atoms with Gasteiger partial charge in [0.15, 0.2) is 5.78 Å². The van der Waals surface area contributed by atoms with E-state index in [2.05, 4.69) is 0 Å². The van der Waals surface area contributed by atoms with Gasteiger partial charge in [0.2, 0.25) is 0 Å². The lowest BCUT2D eigenvalue weighted by molar-refractivity contribution is -0.123. The second kappa shape index (κ2) is 5.26. The standard InChI is InChI=1S/C14H21NO/c1-4-8-14(3,15)13(16)10-12-7-5-6-11(2)9-12/h5-7,9H,4,8,10,15H2,1-3H3. The quantitative estimate of drug-likeness (QED) is 0.827. The van der Waals surface area contributed by atoms with Gasteiger partial charge in [0.05, 0.1) is 5.54 Å². The average Bonchev–Trinajstić information content (AvgIpc) is 2.17. The first-order chi connectivity index (χ1) is 7.45. The number of hydrogen-bond donors (Lipinski definition) is 1. The topological polar surface area (TPSA) is 43.1 Å². The van der Waals surface area contributed by atoms with Crippen molar-refractivity contribution in [1.29, 1.82) is 0 Å². The molecule has 0 aliphatic rings. The van der Waals surface area contributed by atoms with E-state index in [0.717, 1.165) is 18.4 Å². The fourth-order valence-electron chi connectivity index (χ4n) is 1.87. The highest BCUT2D eigenvalue weighted by Gasteiger charge is 2.26. The predicted octanol–water partition coefficient (Wildman–Crippen LogP) is 2.62. The maximum Gasteiger partial charge on any atom is 0.156 e. The van der Waals surface area contributed by atoms with Gasteiger partial charge in [-0.2, -0.15) is 0 Å². The molecule has 0 amide bonds. The number of carbonyl (C=O) groups excluding carboxylic acids is 1. The summed E-state index contributed by atoms with van der Waals surface area (Å²) in [5.74, 6) is 0.125. The Balaban J connectivity index is 2.71. The molecule has 0 fully saturated rings. The molecule has 0 spiro atoms. The van der Waals surface area contributed by atoms with Crippen molar-refractivity contribution in [2.45, 2.75) is 45.6 Å². The van der Waals surface area contributed by atoms with Gasteiger partial charge in [0.1, 0.15) is 0 Å². The Hall–Kier alpha value is -1.15. The van der Waals surface area contributed by atoms with E-state index in [1.807, 2.05) is 45.0 Å². The molecule has 0 bridgehead atoms. The summed E-state index contributed by atoms with van der Waals surface area (Å²) in [5.41, 5.74) is 7.56. The van der Waals surface area contributed by atoms with Crippen LogP contribution in [0.5, 0.6) is 0 Å². The Morgan fingerprint density at radius 2 is 2.12 bits per heavy atom. The van der Waals surface area contributed by atoms with Crippen LogP contribution >= 0.6 is 0 Å². The molecule has 2 N–H and O–H groups in total. The molecule has 2 nitrogen and oxygen atoms in total. The van der Waals surface area contributed by atoms with E-state index < -0.39 is 5.54 Å². The van der Waals surface area contributed by atoms with Crippen LogP contribution in [0.1, 0.15) is 37.8 Å². The second-order valence-electron chi connectivity index (χ2n) is 4.76. The van der Waals surface area contributed by atoms with E-state index in [1.54, 1.807) is 0 Å². The van der Waals surface area contributed by atoms with Crippen LogP contribution in [0.25, 0.3) is 0 Å². The third-order valence-corrected chi connectivity index (χ3v) is 2.85. The van der Waals surface area contributed by atoms with Gasteiger partial charge in [-0.25, -0.2) is 0 Å². The number of carbonyl (C=O) groups is 1. The molecule has 0 aromatic heterocycles. The summed E-state index contributed by atoms with van der Waals surface area (Å²) in [4.78, 5) is 12.0. The molecule has 0 aliphatic carbocycles. The summed E-state index contributed by atoms with van der Waals surface area (Å²) >= 11 is 0. The van der Waals surface area contributed by atoms with Crippen LogP contribution in [-0.2, 0) is 11.2 Å². The van der Waals surface area contributed by atoms with E-state index >= 15 is 0 Å². The molecule has 2 heteroatoms. The lowest BCUT2D eigenvalue weighted by Gasteiger charge is -2.22. The Morgan fingerprint density at radius 3 is 2.69 bits per heavy atom. The van der Waals surface area contributed by atoms with Crippen molar-refractivity contribution in [2.75, 3.05) is 0 Å². The van der Waals surface area contributed by atoms with Crippen LogP contribution in [0, 0.1) is 6.92 Å². The minimum absolute atomic E-state index is 0.125. The maximum atomic E-state index is 12.0. The van der Waals surface area contributed by atoms with Crippen molar-refractivity contribution in [3.05, 3.63) is 35.4 Å². The molecular formula is C14H21NO. The second-order valence-corrected chi connectivity index (χ2v) is 4.76. The van der Waals surface area contributed by atoms with E-state index in [9.17, 15) is 4.79 Å². The first-order valence-corrected chi connectivity index (χ1v) is 5.83. The number of aryl methyl sites for hydroxylation is 1. The summed E-state index contributed by atoms with van der Waals surface area (Å²) in [6.45, 7) is 5.90. The largest absolute Gasteiger partial charge is 0.319 e. The maximum absolute atomic E-state index is 12.0. The number of nitrogens with two attached hydrogens (primary N) is 1. The van der Waals surface area contributed by atoms with Gasteiger partial charge in [-0.3, -0.25) is 4.79 Å². The summed E-state index contributed by atoms with van der Waals surface area (Å²) in [7, 11) is 0. The van der Waals surface area contributed by atoms with Gasteiger partial charge < -0.3 is 5.73 Å². The monoisotopic (exact) mass is 219 g/mol. The first kappa shape index (κ1) is 12.9. The molecule has 0 heterocycles. The van der Waals surface area contributed by atoms with Gasteiger partial charge in [0.25, 0.3) is 0 Å². The van der Waals surface area contributed by atoms with Gasteiger partial charge in [-0.1, -0.05) is 43.2 Å². The Labute approximate surface area is 97.9 Å². The number of ketones is 1. The minimum atomic E-state index is -0.682. The molecule has 1 rings (SSSR count). The highest BCUT2D eigenvalue weighted by atomic mass is 16.1. The van der Waals surface area contributed by atoms with Crippen molar-refractivity contribution in [2.24, 2.45) is 5.73 Å². The van der Waals surface area contributed by atoms with Crippen LogP contribution in [0.15, 0.2) is 24.3 Å². The molecule has 1 atom stereocenters. The SMILES string of the molecule is CCCC(C)(N)C(=O)Cc1cccc(C)c1. The molecule has 1 aromatic rings. The third kappa shape index (κ3) is 3.46. The summed E-state index contributed by atoms with van der Waals surface area (Å²) in [5, 5.41) is 0. The predicted molar refractivity (Wildman–Crippen MR) is 67.4 cm³/mol. The Morgan fingerprint density at radius 1 is 1.44 bits per heavy atom. The van der Waals surface area contributed by atoms with Gasteiger partial charge in [-0.05, 0) is 25.8 Å². The number of rotatable bonds is 5. The number of benzene rings is 1.